The van der Waals surface area contributed by atoms with E-state index in [2.05, 4.69) is 16.1 Å². The molecule has 2 aliphatic heterocycles. The van der Waals surface area contributed by atoms with Crippen molar-refractivity contribution in [1.82, 2.24) is 14.5 Å². The van der Waals surface area contributed by atoms with Crippen LogP contribution >= 0.6 is 0 Å². The second-order valence-corrected chi connectivity index (χ2v) is 7.28. The first kappa shape index (κ1) is 18.5. The molecule has 2 aliphatic rings. The van der Waals surface area contributed by atoms with E-state index in [-0.39, 0.29) is 5.56 Å². The van der Waals surface area contributed by atoms with E-state index in [0.29, 0.717) is 39.3 Å². The minimum Gasteiger partial charge on any atom is -0.399 e. The second kappa shape index (κ2) is 7.37. The van der Waals surface area contributed by atoms with Crippen molar-refractivity contribution >= 4 is 16.6 Å². The summed E-state index contributed by atoms with van der Waals surface area (Å²) in [7, 11) is 1.44. The van der Waals surface area contributed by atoms with E-state index in [1.54, 1.807) is 22.8 Å². The summed E-state index contributed by atoms with van der Waals surface area (Å²) in [4.78, 5) is 25.5. The molecule has 1 aromatic heterocycles. The van der Waals surface area contributed by atoms with Crippen molar-refractivity contribution in [1.29, 1.82) is 5.26 Å². The molecule has 0 saturated carbocycles. The lowest BCUT2D eigenvalue weighted by Gasteiger charge is -2.26. The van der Waals surface area contributed by atoms with Gasteiger partial charge < -0.3 is 9.57 Å². The molecule has 1 fully saturated rings. The Morgan fingerprint density at radius 2 is 2.07 bits per heavy atom. The van der Waals surface area contributed by atoms with Gasteiger partial charge in [0.15, 0.2) is 11.5 Å². The molecule has 1 saturated heterocycles. The van der Waals surface area contributed by atoms with Gasteiger partial charge in [-0.05, 0) is 35.9 Å². The fourth-order valence-corrected chi connectivity index (χ4v) is 4.02. The Labute approximate surface area is 172 Å². The number of benzene rings is 2. The van der Waals surface area contributed by atoms with Crippen LogP contribution in [0.5, 0.6) is 0 Å². The number of fused-ring (bicyclic) bond motifs is 4. The minimum absolute atomic E-state index is 0.161. The van der Waals surface area contributed by atoms with Gasteiger partial charge in [-0.15, -0.1) is 0 Å². The van der Waals surface area contributed by atoms with E-state index in [0.717, 1.165) is 38.4 Å². The fraction of sp³-hybridized carbons (Fsp3) is 0.273. The van der Waals surface area contributed by atoms with E-state index < -0.39 is 0 Å². The Morgan fingerprint density at radius 3 is 2.83 bits per heavy atom. The van der Waals surface area contributed by atoms with Gasteiger partial charge >= 0.3 is 0 Å². The van der Waals surface area contributed by atoms with Crippen LogP contribution in [0.3, 0.4) is 0 Å². The normalized spacial score (nSPS) is 17.0. The zero-order valence-electron chi connectivity index (χ0n) is 16.5. The molecule has 5 rings (SSSR count). The Bertz CT molecular complexity index is 1280. The average molecular weight is 401 g/mol. The number of oxime groups is 1. The zero-order valence-corrected chi connectivity index (χ0v) is 16.5. The summed E-state index contributed by atoms with van der Waals surface area (Å²) < 4.78 is 6.96. The van der Waals surface area contributed by atoms with Crippen LogP contribution in [-0.4, -0.2) is 53.6 Å². The summed E-state index contributed by atoms with van der Waals surface area (Å²) in [6.45, 7) is 3.98. The van der Waals surface area contributed by atoms with E-state index >= 15 is 0 Å². The highest BCUT2D eigenvalue weighted by Crippen LogP contribution is 2.28. The van der Waals surface area contributed by atoms with Gasteiger partial charge in [0.2, 0.25) is 0 Å². The number of morpholine rings is 1. The van der Waals surface area contributed by atoms with Gasteiger partial charge in [-0.2, -0.15) is 5.26 Å². The van der Waals surface area contributed by atoms with Crippen molar-refractivity contribution in [3.8, 4) is 11.8 Å². The minimum atomic E-state index is -0.161. The lowest BCUT2D eigenvalue weighted by atomic mass is 10.1. The van der Waals surface area contributed by atoms with E-state index in [9.17, 15) is 10.1 Å². The van der Waals surface area contributed by atoms with Gasteiger partial charge in [0.25, 0.3) is 5.56 Å². The number of aromatic nitrogens is 2. The smallest absolute Gasteiger partial charge is 0.266 e. The summed E-state index contributed by atoms with van der Waals surface area (Å²) in [6, 6.07) is 13.1. The summed E-state index contributed by atoms with van der Waals surface area (Å²) in [5.74, 6) is 0.417. The number of nitrogens with zero attached hydrogens (tertiary/aromatic N) is 5. The first-order valence-corrected chi connectivity index (χ1v) is 9.72. The van der Waals surface area contributed by atoms with Gasteiger partial charge in [0, 0.05) is 25.2 Å². The van der Waals surface area contributed by atoms with Crippen LogP contribution in [0, 0.1) is 11.3 Å². The van der Waals surface area contributed by atoms with Crippen molar-refractivity contribution < 1.29 is 9.57 Å². The molecule has 0 unspecified atom stereocenters. The molecule has 3 aromatic rings. The van der Waals surface area contributed by atoms with Crippen molar-refractivity contribution in [2.75, 3.05) is 33.4 Å². The highest BCUT2D eigenvalue weighted by Gasteiger charge is 2.30. The lowest BCUT2D eigenvalue weighted by molar-refractivity contribution is 0.0342. The van der Waals surface area contributed by atoms with Crippen LogP contribution in [0.1, 0.15) is 22.5 Å². The third kappa shape index (κ3) is 2.96. The van der Waals surface area contributed by atoms with Crippen molar-refractivity contribution in [3.63, 3.8) is 0 Å². The van der Waals surface area contributed by atoms with Crippen LogP contribution in [0.25, 0.3) is 16.6 Å². The molecule has 3 heterocycles. The maximum Gasteiger partial charge on any atom is 0.266 e. The predicted octanol–water partition coefficient (Wildman–Crippen LogP) is 1.80. The van der Waals surface area contributed by atoms with Gasteiger partial charge in [0.1, 0.15) is 7.11 Å². The van der Waals surface area contributed by atoms with Crippen LogP contribution in [0.15, 0.2) is 46.3 Å². The van der Waals surface area contributed by atoms with Crippen LogP contribution in [0.2, 0.25) is 0 Å². The molecule has 8 heteroatoms. The van der Waals surface area contributed by atoms with Crippen molar-refractivity contribution in [3.05, 3.63) is 69.3 Å². The van der Waals surface area contributed by atoms with Gasteiger partial charge in [0.05, 0.1) is 41.4 Å². The average Bonchev–Trinajstić information content (AvgIpc) is 3.08. The Kier molecular flexibility index (Phi) is 4.54. The maximum atomic E-state index is 13.5. The van der Waals surface area contributed by atoms with Crippen LogP contribution in [0.4, 0.5) is 0 Å². The molecular formula is C22H19N5O3. The highest BCUT2D eigenvalue weighted by atomic mass is 16.6. The fourth-order valence-electron chi connectivity index (χ4n) is 4.02. The third-order valence-electron chi connectivity index (χ3n) is 5.46. The van der Waals surface area contributed by atoms with E-state index in [4.69, 9.17) is 14.6 Å². The standard InChI is InChI=1S/C22H19N5O3/c1-29-25-20-17-10-14(12-23)3-5-19(17)27-21(20)24-18-4-2-15(11-16(18)22(27)28)13-26-6-8-30-9-7-26/h2-5,10-11H,6-9,13H2,1H3/b25-20-. The monoisotopic (exact) mass is 401 g/mol. The number of ether oxygens (including phenoxy) is 1. The molecule has 2 aromatic carbocycles. The number of hydrogen-bond acceptors (Lipinski definition) is 7. The molecule has 0 bridgehead atoms. The predicted molar refractivity (Wildman–Crippen MR) is 111 cm³/mol. The Hall–Kier alpha value is -3.54. The summed E-state index contributed by atoms with van der Waals surface area (Å²) >= 11 is 0. The van der Waals surface area contributed by atoms with Crippen LogP contribution < -0.4 is 5.56 Å². The topological polar surface area (TPSA) is 92.7 Å². The first-order valence-electron chi connectivity index (χ1n) is 9.72. The molecule has 0 radical (unpaired) electrons. The molecule has 0 atom stereocenters. The molecule has 0 amide bonds. The maximum absolute atomic E-state index is 13.5. The largest absolute Gasteiger partial charge is 0.399 e. The molecule has 0 spiro atoms. The van der Waals surface area contributed by atoms with Gasteiger partial charge in [-0.3, -0.25) is 14.3 Å². The number of hydrogen-bond donors (Lipinski definition) is 0. The summed E-state index contributed by atoms with van der Waals surface area (Å²) in [5, 5.41) is 13.9. The zero-order chi connectivity index (χ0) is 20.7. The molecule has 8 nitrogen and oxygen atoms in total. The Balaban J connectivity index is 1.66. The van der Waals surface area contributed by atoms with Crippen LogP contribution in [-0.2, 0) is 16.1 Å². The number of nitriles is 1. The molecule has 0 N–H and O–H groups in total. The highest BCUT2D eigenvalue weighted by molar-refractivity contribution is 6.16. The van der Waals surface area contributed by atoms with Crippen molar-refractivity contribution in [2.45, 2.75) is 6.54 Å². The first-order chi connectivity index (χ1) is 14.7. The lowest BCUT2D eigenvalue weighted by Crippen LogP contribution is -2.35. The molecule has 30 heavy (non-hydrogen) atoms. The SMILES string of the molecule is CO/N=C1/c2cc(C#N)ccc2-n2c1nc1ccc(CN3CCOCC3)cc1c2=O. The molecule has 150 valence electrons. The quantitative estimate of drug-likeness (QED) is 0.486. The molecular weight excluding hydrogens is 382 g/mol. The van der Waals surface area contributed by atoms with E-state index in [1.807, 2.05) is 18.2 Å². The number of rotatable bonds is 3. The third-order valence-corrected chi connectivity index (χ3v) is 5.46. The second-order valence-electron chi connectivity index (χ2n) is 7.28. The Morgan fingerprint density at radius 1 is 1.23 bits per heavy atom. The molecule has 0 aliphatic carbocycles. The van der Waals surface area contributed by atoms with Gasteiger partial charge in [-0.1, -0.05) is 11.2 Å². The van der Waals surface area contributed by atoms with E-state index in [1.165, 1.54) is 7.11 Å². The van der Waals surface area contributed by atoms with Crippen molar-refractivity contribution in [2.24, 2.45) is 5.16 Å². The summed E-state index contributed by atoms with van der Waals surface area (Å²) in [5.41, 5.74) is 3.74. The van der Waals surface area contributed by atoms with Gasteiger partial charge in [-0.25, -0.2) is 4.98 Å². The summed E-state index contributed by atoms with van der Waals surface area (Å²) in [6.07, 6.45) is 0.